The van der Waals surface area contributed by atoms with E-state index in [4.69, 9.17) is 0 Å². The number of alkyl halides is 3. The normalized spacial score (nSPS) is 20.1. The zero-order chi connectivity index (χ0) is 27.0. The van der Waals surface area contributed by atoms with E-state index in [9.17, 15) is 27.9 Å². The number of benzene rings is 1. The molecule has 1 amide bonds. The van der Waals surface area contributed by atoms with Gasteiger partial charge < -0.3 is 19.8 Å². The van der Waals surface area contributed by atoms with Crippen LogP contribution in [0, 0.1) is 0 Å². The average Bonchev–Trinajstić information content (AvgIpc) is 3.35. The zero-order valence-electron chi connectivity index (χ0n) is 21.0. The van der Waals surface area contributed by atoms with E-state index < -0.39 is 23.3 Å². The highest BCUT2D eigenvalue weighted by atomic mass is 19.4. The molecule has 1 unspecified atom stereocenters. The van der Waals surface area contributed by atoms with Crippen LogP contribution in [0.3, 0.4) is 0 Å². The summed E-state index contributed by atoms with van der Waals surface area (Å²) in [5.41, 5.74) is 1.83. The number of carbonyl (C=O) groups excluding carboxylic acids is 1. The fraction of sp³-hybridized carbons (Fsp3) is 0.393. The zero-order valence-corrected chi connectivity index (χ0v) is 21.0. The van der Waals surface area contributed by atoms with Gasteiger partial charge in [0.05, 0.1) is 23.7 Å². The number of carboxylic acid groups (broad SMARTS) is 1. The molecule has 200 valence electrons. The van der Waals surface area contributed by atoms with Gasteiger partial charge in [-0.15, -0.1) is 0 Å². The molecule has 0 radical (unpaired) electrons. The Morgan fingerprint density at radius 3 is 2.45 bits per heavy atom. The molecule has 1 saturated heterocycles. The van der Waals surface area contributed by atoms with Crippen molar-refractivity contribution in [2.75, 3.05) is 31.6 Å². The van der Waals surface area contributed by atoms with Crippen molar-refractivity contribution in [3.63, 3.8) is 0 Å². The van der Waals surface area contributed by atoms with Crippen LogP contribution in [0.1, 0.15) is 46.8 Å². The van der Waals surface area contributed by atoms with Gasteiger partial charge in [0.2, 0.25) is 0 Å². The molecule has 1 fully saturated rings. The third-order valence-corrected chi connectivity index (χ3v) is 7.86. The number of carbonyl (C=O) groups is 2. The lowest BCUT2D eigenvalue weighted by Crippen LogP contribution is -2.45. The molecule has 2 aromatic rings. The van der Waals surface area contributed by atoms with Crippen LogP contribution < -0.4 is 4.90 Å². The lowest BCUT2D eigenvalue weighted by Gasteiger charge is -2.38. The Morgan fingerprint density at radius 2 is 1.79 bits per heavy atom. The number of pyridine rings is 1. The molecule has 1 aliphatic carbocycles. The first kappa shape index (κ1) is 25.8. The van der Waals surface area contributed by atoms with E-state index in [-0.39, 0.29) is 24.5 Å². The first-order valence-corrected chi connectivity index (χ1v) is 12.7. The third-order valence-electron chi connectivity index (χ3n) is 7.86. The van der Waals surface area contributed by atoms with Gasteiger partial charge in [0, 0.05) is 56.0 Å². The predicted molar refractivity (Wildman–Crippen MR) is 136 cm³/mol. The summed E-state index contributed by atoms with van der Waals surface area (Å²) in [6, 6.07) is 9.36. The highest BCUT2D eigenvalue weighted by Gasteiger charge is 2.40. The molecular formula is C28H29F3N4O3. The summed E-state index contributed by atoms with van der Waals surface area (Å²) >= 11 is 0. The summed E-state index contributed by atoms with van der Waals surface area (Å²) in [4.78, 5) is 34.7. The van der Waals surface area contributed by atoms with Crippen LogP contribution in [0.2, 0.25) is 0 Å². The van der Waals surface area contributed by atoms with Crippen LogP contribution in [-0.4, -0.2) is 70.7 Å². The number of aromatic nitrogens is 1. The van der Waals surface area contributed by atoms with E-state index in [0.29, 0.717) is 18.4 Å². The summed E-state index contributed by atoms with van der Waals surface area (Å²) in [5, 5.41) is 9.39. The lowest BCUT2D eigenvalue weighted by atomic mass is 9.99. The molecule has 7 nitrogen and oxygen atoms in total. The standard InChI is InChI=1S/C28H29F3N4O3/c1-33(20-8-13-34(14-9-20)21-6-11-32-12-7-21)26(36)19-2-4-22-18(16-19)3-5-25(22)35-15-10-24(28(29,30)31)23(17-35)27(37)38/h2,4,6-7,10-12,15-16,20,25H,3,5,8-9,13-14,17H2,1H3,(H,37,38). The van der Waals surface area contributed by atoms with Crippen LogP contribution in [0.25, 0.3) is 0 Å². The number of piperidine rings is 1. The number of fused-ring (bicyclic) bond motifs is 1. The molecule has 0 bridgehead atoms. The molecule has 2 aliphatic heterocycles. The number of nitrogens with zero attached hydrogens (tertiary/aromatic N) is 4. The third kappa shape index (κ3) is 4.99. The Hall–Kier alpha value is -3.82. The minimum absolute atomic E-state index is 0.0533. The maximum Gasteiger partial charge on any atom is 0.417 e. The number of anilines is 1. The van der Waals surface area contributed by atoms with Gasteiger partial charge >= 0.3 is 12.1 Å². The highest BCUT2D eigenvalue weighted by molar-refractivity contribution is 5.94. The van der Waals surface area contributed by atoms with E-state index in [1.54, 1.807) is 23.4 Å². The Morgan fingerprint density at radius 1 is 1.08 bits per heavy atom. The van der Waals surface area contributed by atoms with Crippen molar-refractivity contribution in [1.82, 2.24) is 14.8 Å². The number of carboxylic acids is 1. The van der Waals surface area contributed by atoms with Gasteiger partial charge in [0.25, 0.3) is 5.91 Å². The number of aryl methyl sites for hydroxylation is 1. The van der Waals surface area contributed by atoms with Crippen molar-refractivity contribution in [1.29, 1.82) is 0 Å². The average molecular weight is 527 g/mol. The monoisotopic (exact) mass is 526 g/mol. The van der Waals surface area contributed by atoms with Crippen molar-refractivity contribution < 1.29 is 27.9 Å². The Bertz CT molecular complexity index is 1280. The molecule has 3 aliphatic rings. The van der Waals surface area contributed by atoms with Crippen LogP contribution in [0.4, 0.5) is 18.9 Å². The van der Waals surface area contributed by atoms with Crippen molar-refractivity contribution in [2.45, 2.75) is 43.9 Å². The number of hydrogen-bond donors (Lipinski definition) is 1. The molecule has 5 rings (SSSR count). The highest BCUT2D eigenvalue weighted by Crippen LogP contribution is 2.40. The number of allylic oxidation sites excluding steroid dienone is 2. The summed E-state index contributed by atoms with van der Waals surface area (Å²) in [7, 11) is 1.83. The summed E-state index contributed by atoms with van der Waals surface area (Å²) in [5.74, 6) is -1.62. The molecule has 1 atom stereocenters. The second kappa shape index (κ2) is 10.2. The minimum Gasteiger partial charge on any atom is -0.478 e. The van der Waals surface area contributed by atoms with Gasteiger partial charge in [-0.1, -0.05) is 6.07 Å². The predicted octanol–water partition coefficient (Wildman–Crippen LogP) is 4.58. The van der Waals surface area contributed by atoms with Gasteiger partial charge in [-0.3, -0.25) is 9.78 Å². The maximum absolute atomic E-state index is 13.3. The number of hydrogen-bond acceptors (Lipinski definition) is 5. The molecule has 1 aromatic heterocycles. The van der Waals surface area contributed by atoms with Gasteiger partial charge in [0.15, 0.2) is 0 Å². The number of aliphatic carboxylic acids is 1. The number of rotatable bonds is 5. The quantitative estimate of drug-likeness (QED) is 0.615. The van der Waals surface area contributed by atoms with Crippen molar-refractivity contribution in [3.8, 4) is 0 Å². The van der Waals surface area contributed by atoms with E-state index in [2.05, 4.69) is 9.88 Å². The molecule has 10 heteroatoms. The van der Waals surface area contributed by atoms with Crippen molar-refractivity contribution in [2.24, 2.45) is 0 Å². The second-order valence-electron chi connectivity index (χ2n) is 9.99. The molecule has 38 heavy (non-hydrogen) atoms. The van der Waals surface area contributed by atoms with Crippen molar-refractivity contribution in [3.05, 3.63) is 82.8 Å². The smallest absolute Gasteiger partial charge is 0.417 e. The topological polar surface area (TPSA) is 77.0 Å². The molecular weight excluding hydrogens is 497 g/mol. The van der Waals surface area contributed by atoms with Crippen molar-refractivity contribution >= 4 is 17.6 Å². The van der Waals surface area contributed by atoms with E-state index >= 15 is 0 Å². The maximum atomic E-state index is 13.3. The Labute approximate surface area is 218 Å². The number of halogens is 3. The van der Waals surface area contributed by atoms with Gasteiger partial charge in [0.1, 0.15) is 0 Å². The second-order valence-corrected chi connectivity index (χ2v) is 9.99. The minimum atomic E-state index is -4.72. The summed E-state index contributed by atoms with van der Waals surface area (Å²) in [6.45, 7) is 1.38. The molecule has 0 saturated carbocycles. The van der Waals surface area contributed by atoms with Crippen LogP contribution >= 0.6 is 0 Å². The SMILES string of the molecule is CN(C(=O)c1ccc2c(c1)CCC2N1C=CC(C(F)(F)F)=C(C(=O)O)C1)C1CCN(c2ccncc2)CC1. The Kier molecular flexibility index (Phi) is 6.90. The van der Waals surface area contributed by atoms with Crippen LogP contribution in [0.15, 0.2) is 66.1 Å². The molecule has 3 heterocycles. The molecule has 0 spiro atoms. The Balaban J connectivity index is 1.25. The lowest BCUT2D eigenvalue weighted by molar-refractivity contribution is -0.134. The van der Waals surface area contributed by atoms with Crippen LogP contribution in [0.5, 0.6) is 0 Å². The van der Waals surface area contributed by atoms with Gasteiger partial charge in [-0.2, -0.15) is 13.2 Å². The molecule has 1 aromatic carbocycles. The van der Waals surface area contributed by atoms with Gasteiger partial charge in [-0.25, -0.2) is 4.79 Å². The largest absolute Gasteiger partial charge is 0.478 e. The summed E-state index contributed by atoms with van der Waals surface area (Å²) in [6.07, 6.45) is 4.03. The van der Waals surface area contributed by atoms with E-state index in [1.807, 2.05) is 36.2 Å². The fourth-order valence-electron chi connectivity index (χ4n) is 5.76. The first-order valence-electron chi connectivity index (χ1n) is 12.7. The summed E-state index contributed by atoms with van der Waals surface area (Å²) < 4.78 is 39.8. The molecule has 1 N–H and O–H groups in total. The van der Waals surface area contributed by atoms with E-state index in [1.165, 1.54) is 6.20 Å². The number of amides is 1. The van der Waals surface area contributed by atoms with Crippen LogP contribution in [-0.2, 0) is 11.2 Å². The van der Waals surface area contributed by atoms with E-state index in [0.717, 1.165) is 48.8 Å². The van der Waals surface area contributed by atoms with Gasteiger partial charge in [-0.05, 0) is 67.2 Å². The first-order chi connectivity index (χ1) is 18.1. The fourth-order valence-corrected chi connectivity index (χ4v) is 5.76.